The molecule has 0 amide bonds. The molecule has 0 aliphatic heterocycles. The summed E-state index contributed by atoms with van der Waals surface area (Å²) in [5.74, 6) is 5.52. The molecular weight excluding hydrogens is 96.1 g/mol. The molecule has 0 saturated heterocycles. The zero-order valence-corrected chi connectivity index (χ0v) is 4.20. The molecule has 2 heteroatoms. The van der Waals surface area contributed by atoms with E-state index in [-0.39, 0.29) is 6.61 Å². The summed E-state index contributed by atoms with van der Waals surface area (Å²) in [7, 11) is 0. The molecule has 0 atom stereocenters. The Hall–Kier alpha value is -0.130. The summed E-state index contributed by atoms with van der Waals surface area (Å²) in [6.07, 6.45) is 0. The van der Waals surface area contributed by atoms with Crippen molar-refractivity contribution >= 4 is 12.6 Å². The zero-order valence-electron chi connectivity index (χ0n) is 3.31. The Balaban J connectivity index is 2.90. The molecule has 1 nitrogen and oxygen atoms in total. The van der Waals surface area contributed by atoms with E-state index in [0.29, 0.717) is 5.75 Å². The molecule has 0 aliphatic carbocycles. The quantitative estimate of drug-likeness (QED) is 0.323. The van der Waals surface area contributed by atoms with E-state index in [2.05, 4.69) is 24.5 Å². The SMILES string of the molecule is OCC#CCS. The standard InChI is InChI=1S/C4H6OS/c5-3-1-2-4-6/h5-6H,3-4H2. The van der Waals surface area contributed by atoms with Gasteiger partial charge < -0.3 is 5.11 Å². The number of thiol groups is 1. The predicted molar refractivity (Wildman–Crippen MR) is 28.7 cm³/mol. The Kier molecular flexibility index (Phi) is 4.76. The molecule has 0 radical (unpaired) electrons. The van der Waals surface area contributed by atoms with Gasteiger partial charge >= 0.3 is 0 Å². The molecule has 34 valence electrons. The van der Waals surface area contributed by atoms with Crippen molar-refractivity contribution < 1.29 is 5.11 Å². The minimum Gasteiger partial charge on any atom is -0.384 e. The van der Waals surface area contributed by atoms with Crippen LogP contribution in [0.2, 0.25) is 0 Å². The molecule has 0 aliphatic rings. The molecule has 1 N–H and O–H groups in total. The third-order valence-electron chi connectivity index (χ3n) is 0.283. The molecule has 0 aromatic rings. The summed E-state index contributed by atoms with van der Waals surface area (Å²) >= 11 is 3.77. The number of aliphatic hydroxyl groups excluding tert-OH is 1. The lowest BCUT2D eigenvalue weighted by Gasteiger charge is -1.66. The van der Waals surface area contributed by atoms with E-state index in [9.17, 15) is 0 Å². The molecule has 6 heavy (non-hydrogen) atoms. The fourth-order valence-corrected chi connectivity index (χ4v) is 0.224. The van der Waals surface area contributed by atoms with Crippen LogP contribution in [-0.4, -0.2) is 17.5 Å². The fraction of sp³-hybridized carbons (Fsp3) is 0.500. The van der Waals surface area contributed by atoms with Crippen molar-refractivity contribution in [2.45, 2.75) is 0 Å². The van der Waals surface area contributed by atoms with Gasteiger partial charge in [0.05, 0.1) is 5.75 Å². The van der Waals surface area contributed by atoms with Crippen LogP contribution < -0.4 is 0 Å². The second kappa shape index (κ2) is 4.87. The fourth-order valence-electron chi connectivity index (χ4n) is 0.112. The minimum atomic E-state index is -0.0550. The Labute approximate surface area is 42.8 Å². The van der Waals surface area contributed by atoms with Crippen LogP contribution >= 0.6 is 12.6 Å². The summed E-state index contributed by atoms with van der Waals surface area (Å²) in [5.41, 5.74) is 0. The third kappa shape index (κ3) is 3.87. The first-order valence-electron chi connectivity index (χ1n) is 1.59. The van der Waals surface area contributed by atoms with Gasteiger partial charge in [0.25, 0.3) is 0 Å². The van der Waals surface area contributed by atoms with Gasteiger partial charge in [-0.05, 0) is 0 Å². The molecule has 0 rings (SSSR count). The van der Waals surface area contributed by atoms with Gasteiger partial charge in [-0.3, -0.25) is 0 Å². The van der Waals surface area contributed by atoms with Crippen LogP contribution in [0.15, 0.2) is 0 Å². The first-order valence-corrected chi connectivity index (χ1v) is 2.22. The van der Waals surface area contributed by atoms with Crippen LogP contribution in [0.1, 0.15) is 0 Å². The normalized spacial score (nSPS) is 6.33. The van der Waals surface area contributed by atoms with Crippen molar-refractivity contribution in [2.24, 2.45) is 0 Å². The minimum absolute atomic E-state index is 0.0550. The van der Waals surface area contributed by atoms with E-state index in [1.165, 1.54) is 0 Å². The lowest BCUT2D eigenvalue weighted by atomic mass is 10.6. The lowest BCUT2D eigenvalue weighted by Crippen LogP contribution is -1.70. The molecule has 0 fully saturated rings. The van der Waals surface area contributed by atoms with Crippen molar-refractivity contribution in [1.82, 2.24) is 0 Å². The molecule has 0 aromatic heterocycles. The smallest absolute Gasteiger partial charge is 0.104 e. The van der Waals surface area contributed by atoms with Gasteiger partial charge in [-0.2, -0.15) is 12.6 Å². The van der Waals surface area contributed by atoms with Gasteiger partial charge in [0.2, 0.25) is 0 Å². The van der Waals surface area contributed by atoms with Crippen LogP contribution in [0.25, 0.3) is 0 Å². The highest BCUT2D eigenvalue weighted by molar-refractivity contribution is 7.80. The van der Waals surface area contributed by atoms with E-state index in [0.717, 1.165) is 0 Å². The topological polar surface area (TPSA) is 20.2 Å². The van der Waals surface area contributed by atoms with Crippen molar-refractivity contribution in [2.75, 3.05) is 12.4 Å². The highest BCUT2D eigenvalue weighted by atomic mass is 32.1. The van der Waals surface area contributed by atoms with Gasteiger partial charge in [-0.1, -0.05) is 11.8 Å². The van der Waals surface area contributed by atoms with Crippen LogP contribution in [0.4, 0.5) is 0 Å². The highest BCUT2D eigenvalue weighted by Crippen LogP contribution is 1.63. The average molecular weight is 102 g/mol. The largest absolute Gasteiger partial charge is 0.384 e. The van der Waals surface area contributed by atoms with Crippen molar-refractivity contribution in [1.29, 1.82) is 0 Å². The van der Waals surface area contributed by atoms with Gasteiger partial charge in [0, 0.05) is 0 Å². The summed E-state index contributed by atoms with van der Waals surface area (Å²) in [6.45, 7) is -0.0550. The van der Waals surface area contributed by atoms with E-state index < -0.39 is 0 Å². The maximum atomic E-state index is 7.99. The maximum Gasteiger partial charge on any atom is 0.104 e. The van der Waals surface area contributed by atoms with Gasteiger partial charge in [-0.25, -0.2) is 0 Å². The Morgan fingerprint density at radius 2 is 2.17 bits per heavy atom. The van der Waals surface area contributed by atoms with Crippen LogP contribution in [0, 0.1) is 11.8 Å². The number of rotatable bonds is 0. The second-order valence-electron chi connectivity index (χ2n) is 0.670. The molecular formula is C4H6OS. The van der Waals surface area contributed by atoms with Gasteiger partial charge in [-0.15, -0.1) is 0 Å². The average Bonchev–Trinajstić information content (AvgIpc) is 1.61. The molecule has 0 spiro atoms. The molecule has 0 bridgehead atoms. The summed E-state index contributed by atoms with van der Waals surface area (Å²) in [6, 6.07) is 0. The lowest BCUT2D eigenvalue weighted by molar-refractivity contribution is 0.350. The second-order valence-corrected chi connectivity index (χ2v) is 0.986. The number of hydrogen-bond acceptors (Lipinski definition) is 2. The predicted octanol–water partition coefficient (Wildman–Crippen LogP) is -0.0881. The summed E-state index contributed by atoms with van der Waals surface area (Å²) in [4.78, 5) is 0. The van der Waals surface area contributed by atoms with Crippen molar-refractivity contribution in [3.05, 3.63) is 0 Å². The number of hydrogen-bond donors (Lipinski definition) is 2. The Morgan fingerprint density at radius 3 is 2.33 bits per heavy atom. The van der Waals surface area contributed by atoms with Crippen molar-refractivity contribution in [3.63, 3.8) is 0 Å². The zero-order chi connectivity index (χ0) is 4.83. The molecule has 0 unspecified atom stereocenters. The summed E-state index contributed by atoms with van der Waals surface area (Å²) in [5, 5.41) is 7.99. The third-order valence-corrected chi connectivity index (χ3v) is 0.441. The van der Waals surface area contributed by atoms with Gasteiger partial charge in [0.1, 0.15) is 6.61 Å². The van der Waals surface area contributed by atoms with E-state index in [4.69, 9.17) is 5.11 Å². The Morgan fingerprint density at radius 1 is 1.50 bits per heavy atom. The Bertz CT molecular complexity index is 61.4. The van der Waals surface area contributed by atoms with Crippen LogP contribution in [-0.2, 0) is 0 Å². The first-order chi connectivity index (χ1) is 2.91. The number of aliphatic hydroxyl groups is 1. The monoisotopic (exact) mass is 102 g/mol. The highest BCUT2D eigenvalue weighted by Gasteiger charge is 1.56. The van der Waals surface area contributed by atoms with E-state index >= 15 is 0 Å². The summed E-state index contributed by atoms with van der Waals surface area (Å²) < 4.78 is 0. The van der Waals surface area contributed by atoms with Gasteiger partial charge in [0.15, 0.2) is 0 Å². The molecule has 0 aromatic carbocycles. The first kappa shape index (κ1) is 5.87. The van der Waals surface area contributed by atoms with Crippen LogP contribution in [0.5, 0.6) is 0 Å². The molecule has 0 saturated carbocycles. The van der Waals surface area contributed by atoms with Crippen molar-refractivity contribution in [3.8, 4) is 11.8 Å². The van der Waals surface area contributed by atoms with E-state index in [1.807, 2.05) is 0 Å². The van der Waals surface area contributed by atoms with Crippen LogP contribution in [0.3, 0.4) is 0 Å². The maximum absolute atomic E-state index is 7.99. The van der Waals surface area contributed by atoms with E-state index in [1.54, 1.807) is 0 Å². The molecule has 0 heterocycles.